The minimum absolute atomic E-state index is 0.0410. The topological polar surface area (TPSA) is 84.3 Å². The zero-order valence-electron chi connectivity index (χ0n) is 26.8. The number of hydrogen-bond donors (Lipinski definition) is 2. The van der Waals surface area contributed by atoms with Crippen LogP contribution in [0.25, 0.3) is 17.0 Å². The van der Waals surface area contributed by atoms with Gasteiger partial charge in [0.05, 0.1) is 18.0 Å². The molecule has 0 aliphatic carbocycles. The Kier molecular flexibility index (Phi) is 14.2. The van der Waals surface area contributed by atoms with Crippen molar-refractivity contribution in [3.63, 3.8) is 0 Å². The summed E-state index contributed by atoms with van der Waals surface area (Å²) in [6.45, 7) is 11.2. The lowest BCUT2D eigenvalue weighted by Crippen LogP contribution is -2.13. The van der Waals surface area contributed by atoms with Gasteiger partial charge in [-0.3, -0.25) is 9.89 Å². The number of fused-ring (bicyclic) bond motifs is 1. The summed E-state index contributed by atoms with van der Waals surface area (Å²) >= 11 is 6.64. The number of aromatic amines is 1. The molecule has 0 radical (unpaired) electrons. The van der Waals surface area contributed by atoms with E-state index < -0.39 is 0 Å². The molecule has 0 aliphatic rings. The first-order chi connectivity index (χ1) is 20.2. The van der Waals surface area contributed by atoms with Gasteiger partial charge in [0, 0.05) is 23.5 Å². The van der Waals surface area contributed by atoms with Gasteiger partial charge in [-0.15, -0.1) is 5.10 Å². The zero-order valence-corrected chi connectivity index (χ0v) is 27.5. The van der Waals surface area contributed by atoms with Crippen molar-refractivity contribution in [2.24, 2.45) is 0 Å². The highest BCUT2D eigenvalue weighted by atomic mass is 35.5. The molecule has 2 N–H and O–H groups in total. The maximum atomic E-state index is 12.5. The van der Waals surface area contributed by atoms with Crippen molar-refractivity contribution in [3.05, 3.63) is 28.9 Å². The van der Waals surface area contributed by atoms with E-state index in [2.05, 4.69) is 43.2 Å². The summed E-state index contributed by atoms with van der Waals surface area (Å²) in [5.74, 6) is 1.19. The fourth-order valence-electron chi connectivity index (χ4n) is 5.25. The van der Waals surface area contributed by atoms with Gasteiger partial charge in [0.25, 0.3) is 0 Å². The van der Waals surface area contributed by atoms with Crippen molar-refractivity contribution in [3.8, 4) is 17.1 Å². The summed E-state index contributed by atoms with van der Waals surface area (Å²) in [5, 5.41) is 11.5. The minimum Gasteiger partial charge on any atom is -0.494 e. The van der Waals surface area contributed by atoms with Crippen LogP contribution in [0.2, 0.25) is 5.02 Å². The number of carbonyl (C=O) groups excluding carboxylic acids is 1. The lowest BCUT2D eigenvalue weighted by Gasteiger charge is -2.16. The molecule has 0 aliphatic heterocycles. The molecule has 7 nitrogen and oxygen atoms in total. The van der Waals surface area contributed by atoms with Crippen molar-refractivity contribution in [1.29, 1.82) is 0 Å². The molecule has 2 heterocycles. The molecule has 0 fully saturated rings. The molecule has 0 atom stereocenters. The maximum absolute atomic E-state index is 12.5. The van der Waals surface area contributed by atoms with E-state index >= 15 is 0 Å². The first-order valence-corrected chi connectivity index (χ1v) is 16.8. The summed E-state index contributed by atoms with van der Waals surface area (Å²) in [6, 6.07) is 5.71. The number of nitrogens with one attached hydrogen (secondary N) is 2. The van der Waals surface area contributed by atoms with Crippen LogP contribution >= 0.6 is 11.6 Å². The summed E-state index contributed by atoms with van der Waals surface area (Å²) in [4.78, 5) is 17.2. The Morgan fingerprint density at radius 3 is 2.05 bits per heavy atom. The van der Waals surface area contributed by atoms with Crippen LogP contribution in [0, 0.1) is 0 Å². The lowest BCUT2D eigenvalue weighted by molar-refractivity contribution is -0.116. The summed E-state index contributed by atoms with van der Waals surface area (Å²) in [5.41, 5.74) is 2.67. The molecular weight excluding hydrogens is 546 g/mol. The number of halogens is 1. The van der Waals surface area contributed by atoms with E-state index in [1.54, 1.807) is 4.63 Å². The van der Waals surface area contributed by atoms with Crippen LogP contribution in [0.1, 0.15) is 143 Å². The van der Waals surface area contributed by atoms with Gasteiger partial charge < -0.3 is 10.1 Å². The minimum atomic E-state index is -0.162. The fourth-order valence-corrected chi connectivity index (χ4v) is 5.70. The molecule has 0 spiro atoms. The number of hydrogen-bond acceptors (Lipinski definition) is 4. The Labute approximate surface area is 258 Å². The van der Waals surface area contributed by atoms with Gasteiger partial charge in [-0.2, -0.15) is 4.63 Å². The van der Waals surface area contributed by atoms with Crippen molar-refractivity contribution >= 4 is 28.8 Å². The van der Waals surface area contributed by atoms with Crippen LogP contribution in [0.15, 0.2) is 18.2 Å². The highest BCUT2D eigenvalue weighted by Crippen LogP contribution is 2.34. The Morgan fingerprint density at radius 1 is 0.905 bits per heavy atom. The average Bonchev–Trinajstić information content (AvgIpc) is 3.50. The maximum Gasteiger partial charge on any atom is 0.224 e. The van der Waals surface area contributed by atoms with Crippen LogP contribution in [0.5, 0.6) is 5.75 Å². The standard InChI is InChI=1S/C34H54ClN5O2/c1-6-8-9-10-11-12-13-14-15-16-17-18-19-20-24-42-26-22-23-27(28(25-26)36-29(41)21-7-2)32-37-33-30(35)31(34(3,4)5)38-40(33)39-32/h22-23,25,38H,6-21,24H2,1-5H3,(H,36,41). The number of ether oxygens (including phenoxy) is 1. The number of rotatable bonds is 20. The second-order valence-corrected chi connectivity index (χ2v) is 13.0. The van der Waals surface area contributed by atoms with Crippen molar-refractivity contribution < 1.29 is 9.53 Å². The van der Waals surface area contributed by atoms with E-state index in [1.165, 1.54) is 83.5 Å². The Hall–Kier alpha value is -2.54. The number of amides is 1. The normalized spacial score (nSPS) is 11.9. The first kappa shape index (κ1) is 34.0. The smallest absolute Gasteiger partial charge is 0.224 e. The second kappa shape index (κ2) is 17.5. The van der Waals surface area contributed by atoms with Gasteiger partial charge in [-0.1, -0.05) is 130 Å². The second-order valence-electron chi connectivity index (χ2n) is 12.7. The molecule has 0 saturated carbocycles. The Morgan fingerprint density at radius 2 is 1.50 bits per heavy atom. The quantitative estimate of drug-likeness (QED) is 0.126. The molecule has 0 bridgehead atoms. The Bertz CT molecular complexity index is 1230. The largest absolute Gasteiger partial charge is 0.494 e. The Balaban J connectivity index is 1.47. The van der Waals surface area contributed by atoms with Crippen LogP contribution in [-0.4, -0.2) is 32.3 Å². The van der Waals surface area contributed by atoms with Crippen molar-refractivity contribution in [1.82, 2.24) is 19.8 Å². The average molecular weight is 600 g/mol. The van der Waals surface area contributed by atoms with Crippen LogP contribution in [-0.2, 0) is 10.2 Å². The van der Waals surface area contributed by atoms with Gasteiger partial charge in [0.1, 0.15) is 10.8 Å². The fraction of sp³-hybridized carbons (Fsp3) is 0.676. The number of anilines is 1. The van der Waals surface area contributed by atoms with E-state index in [4.69, 9.17) is 21.3 Å². The number of carbonyl (C=O) groups is 1. The third kappa shape index (κ3) is 10.6. The van der Waals surface area contributed by atoms with Gasteiger partial charge in [0.2, 0.25) is 5.91 Å². The van der Waals surface area contributed by atoms with Gasteiger partial charge >= 0.3 is 0 Å². The third-order valence-corrected chi connectivity index (χ3v) is 8.10. The molecule has 3 aromatic rings. The van der Waals surface area contributed by atoms with Gasteiger partial charge in [0.15, 0.2) is 11.5 Å². The molecule has 0 unspecified atom stereocenters. The molecular formula is C34H54ClN5O2. The molecule has 0 saturated heterocycles. The number of unbranched alkanes of at least 4 members (excludes halogenated alkanes) is 13. The van der Waals surface area contributed by atoms with Crippen LogP contribution in [0.4, 0.5) is 5.69 Å². The monoisotopic (exact) mass is 599 g/mol. The zero-order chi connectivity index (χ0) is 30.4. The molecule has 42 heavy (non-hydrogen) atoms. The van der Waals surface area contributed by atoms with Crippen molar-refractivity contribution in [2.45, 2.75) is 143 Å². The van der Waals surface area contributed by atoms with Crippen LogP contribution in [0.3, 0.4) is 0 Å². The van der Waals surface area contributed by atoms with Gasteiger partial charge in [-0.25, -0.2) is 4.98 Å². The molecule has 1 aromatic carbocycles. The molecule has 1 amide bonds. The third-order valence-electron chi connectivity index (χ3n) is 7.74. The number of benzene rings is 1. The molecule has 8 heteroatoms. The van der Waals surface area contributed by atoms with E-state index in [1.807, 2.05) is 25.1 Å². The van der Waals surface area contributed by atoms with Crippen molar-refractivity contribution in [2.75, 3.05) is 11.9 Å². The SMILES string of the molecule is CCCCCCCCCCCCCCCCOc1ccc(-c2nc3c(Cl)c(C(C)(C)C)[nH]n3n2)c(NC(=O)CCC)c1. The highest BCUT2D eigenvalue weighted by molar-refractivity contribution is 6.34. The summed E-state index contributed by atoms with van der Waals surface area (Å²) in [7, 11) is 0. The molecule has 234 valence electrons. The van der Waals surface area contributed by atoms with E-state index in [0.717, 1.165) is 29.8 Å². The van der Waals surface area contributed by atoms with E-state index in [0.29, 0.717) is 35.2 Å². The van der Waals surface area contributed by atoms with Crippen LogP contribution < -0.4 is 10.1 Å². The summed E-state index contributed by atoms with van der Waals surface area (Å²) < 4.78 is 7.68. The predicted octanol–water partition coefficient (Wildman–Crippen LogP) is 10.3. The number of H-pyrrole nitrogens is 1. The predicted molar refractivity (Wildman–Crippen MR) is 176 cm³/mol. The highest BCUT2D eigenvalue weighted by Gasteiger charge is 2.25. The summed E-state index contributed by atoms with van der Waals surface area (Å²) in [6.07, 6.45) is 19.9. The van der Waals surface area contributed by atoms with E-state index in [-0.39, 0.29) is 11.3 Å². The first-order valence-electron chi connectivity index (χ1n) is 16.5. The number of aromatic nitrogens is 4. The number of nitrogens with zero attached hydrogens (tertiary/aromatic N) is 3. The molecule has 2 aromatic heterocycles. The molecule has 3 rings (SSSR count). The van der Waals surface area contributed by atoms with Gasteiger partial charge in [-0.05, 0) is 25.0 Å². The lowest BCUT2D eigenvalue weighted by atomic mass is 9.92. The van der Waals surface area contributed by atoms with E-state index in [9.17, 15) is 4.79 Å².